The molecule has 1 aromatic heterocycles. The molecule has 1 atom stereocenters. The molecule has 208 valence electrons. The first kappa shape index (κ1) is 27.0. The summed E-state index contributed by atoms with van der Waals surface area (Å²) in [6.07, 6.45) is 1.94. The predicted octanol–water partition coefficient (Wildman–Crippen LogP) is 2.45. The van der Waals surface area contributed by atoms with Crippen LogP contribution in [0.3, 0.4) is 0 Å². The molecule has 2 fully saturated rings. The molecule has 0 radical (unpaired) electrons. The Morgan fingerprint density at radius 2 is 1.85 bits per heavy atom. The van der Waals surface area contributed by atoms with Crippen molar-refractivity contribution in [3.05, 3.63) is 59.9 Å². The summed E-state index contributed by atoms with van der Waals surface area (Å²) in [6, 6.07) is 15.5. The predicted molar refractivity (Wildman–Crippen MR) is 145 cm³/mol. The number of hydrogen-bond acceptors (Lipinski definition) is 6. The Balaban J connectivity index is 1.17. The molecule has 2 saturated heterocycles. The Morgan fingerprint density at radius 1 is 1.08 bits per heavy atom. The number of piperazine rings is 1. The molecule has 0 spiro atoms. The molecule has 10 nitrogen and oxygen atoms in total. The van der Waals surface area contributed by atoms with Crippen molar-refractivity contribution in [2.75, 3.05) is 39.4 Å². The minimum absolute atomic E-state index is 0.0616. The van der Waals surface area contributed by atoms with Crippen LogP contribution in [0.1, 0.15) is 31.2 Å². The van der Waals surface area contributed by atoms with E-state index < -0.39 is 0 Å². The number of carbonyl (C=O) groups excluding carboxylic acids is 2. The third-order valence-electron chi connectivity index (χ3n) is 7.52. The summed E-state index contributed by atoms with van der Waals surface area (Å²) in [4.78, 5) is 28.7. The molecular formula is C29H38N5O5+. The number of rotatable bonds is 9. The summed E-state index contributed by atoms with van der Waals surface area (Å²) in [5.74, 6) is 1.58. The Hall–Kier alpha value is -3.63. The fourth-order valence-electron chi connectivity index (χ4n) is 5.42. The number of benzene rings is 2. The maximum absolute atomic E-state index is 12.9. The third kappa shape index (κ3) is 6.17. The second-order valence-electron chi connectivity index (χ2n) is 9.96. The monoisotopic (exact) mass is 536 g/mol. The fraction of sp³-hybridized carbons (Fsp3) is 0.483. The van der Waals surface area contributed by atoms with Gasteiger partial charge in [0.1, 0.15) is 18.9 Å². The molecule has 2 N–H and O–H groups in total. The molecule has 0 unspecified atom stereocenters. The van der Waals surface area contributed by atoms with Gasteiger partial charge in [0.2, 0.25) is 0 Å². The van der Waals surface area contributed by atoms with Gasteiger partial charge in [-0.2, -0.15) is 0 Å². The molecule has 2 aliphatic rings. The lowest BCUT2D eigenvalue weighted by molar-refractivity contribution is -0.676. The van der Waals surface area contributed by atoms with Gasteiger partial charge in [0.05, 0.1) is 19.2 Å². The van der Waals surface area contributed by atoms with Crippen molar-refractivity contribution in [3.8, 4) is 5.75 Å². The van der Waals surface area contributed by atoms with Crippen LogP contribution in [0.15, 0.2) is 48.5 Å². The highest BCUT2D eigenvalue weighted by atomic mass is 16.6. The van der Waals surface area contributed by atoms with Gasteiger partial charge in [0, 0.05) is 38.9 Å². The molecule has 0 bridgehead atoms. The maximum atomic E-state index is 12.9. The van der Waals surface area contributed by atoms with Gasteiger partial charge in [-0.15, -0.1) is 0 Å². The number of nitrogens with zero attached hydrogens (tertiary/aromatic N) is 4. The number of nitrogens with two attached hydrogens (primary N) is 1. The number of aryl methyl sites for hydroxylation is 1. The average molecular weight is 537 g/mol. The zero-order valence-electron chi connectivity index (χ0n) is 22.6. The number of aromatic nitrogens is 2. The minimum atomic E-state index is -0.359. The number of ether oxygens (including phenoxy) is 3. The van der Waals surface area contributed by atoms with Crippen LogP contribution in [-0.4, -0.2) is 71.9 Å². The number of amides is 2. The largest absolute Gasteiger partial charge is 0.484 e. The fourth-order valence-corrected chi connectivity index (χ4v) is 5.42. The smallest absolute Gasteiger partial charge is 0.410 e. The molecule has 2 aromatic carbocycles. The molecular weight excluding hydrogens is 498 g/mol. The van der Waals surface area contributed by atoms with E-state index in [9.17, 15) is 9.59 Å². The third-order valence-corrected chi connectivity index (χ3v) is 7.52. The van der Waals surface area contributed by atoms with Crippen LogP contribution in [-0.2, 0) is 40.5 Å². The van der Waals surface area contributed by atoms with Gasteiger partial charge in [-0.1, -0.05) is 30.3 Å². The molecule has 5 rings (SSSR count). The summed E-state index contributed by atoms with van der Waals surface area (Å²) < 4.78 is 21.7. The van der Waals surface area contributed by atoms with Crippen molar-refractivity contribution in [3.63, 3.8) is 0 Å². The van der Waals surface area contributed by atoms with E-state index in [0.29, 0.717) is 38.5 Å². The normalized spacial score (nSPS) is 17.5. The standard InChI is InChI=1S/C29H38N5O5/c1-2-33-25-11-10-23(17-26(25)34(27(33)18-30)19-24-9-6-16-37-24)38-21-28(35)31-12-14-32(15-13-31)29(36)39-20-22-7-4-3-5-8-22/h3-5,7-8,10-11,17,24H,2,6,9,12-16,18-21,30H2,1H3/q+1/t24-/m0/s1. The Labute approximate surface area is 228 Å². The number of imidazole rings is 1. The molecule has 2 aliphatic heterocycles. The van der Waals surface area contributed by atoms with E-state index >= 15 is 0 Å². The van der Waals surface area contributed by atoms with Crippen molar-refractivity contribution >= 4 is 23.0 Å². The first-order chi connectivity index (χ1) is 19.1. The van der Waals surface area contributed by atoms with Crippen LogP contribution in [0.4, 0.5) is 4.79 Å². The molecule has 2 amide bonds. The lowest BCUT2D eigenvalue weighted by Gasteiger charge is -2.34. The van der Waals surface area contributed by atoms with Gasteiger partial charge in [-0.3, -0.25) is 4.79 Å². The highest BCUT2D eigenvalue weighted by Gasteiger charge is 2.28. The van der Waals surface area contributed by atoms with Crippen LogP contribution < -0.4 is 15.0 Å². The van der Waals surface area contributed by atoms with Crippen molar-refractivity contribution in [2.45, 2.75) is 52.1 Å². The van der Waals surface area contributed by atoms with E-state index in [1.807, 2.05) is 48.5 Å². The Kier molecular flexibility index (Phi) is 8.63. The van der Waals surface area contributed by atoms with E-state index in [4.69, 9.17) is 19.9 Å². The quantitative estimate of drug-likeness (QED) is 0.422. The second kappa shape index (κ2) is 12.5. The topological polar surface area (TPSA) is 103 Å². The molecule has 0 aliphatic carbocycles. The number of hydrogen-bond donors (Lipinski definition) is 1. The Bertz CT molecular complexity index is 1280. The van der Waals surface area contributed by atoms with Gasteiger partial charge in [0.25, 0.3) is 11.7 Å². The SMILES string of the molecule is CC[n+]1c(CN)n(C[C@@H]2CCCO2)c2cc(OCC(=O)N3CCN(C(=O)OCc4ccccc4)CC3)ccc21. The maximum Gasteiger partial charge on any atom is 0.410 e. The lowest BCUT2D eigenvalue weighted by atomic mass is 10.2. The van der Waals surface area contributed by atoms with E-state index in [1.165, 1.54) is 0 Å². The van der Waals surface area contributed by atoms with Crippen LogP contribution >= 0.6 is 0 Å². The van der Waals surface area contributed by atoms with Gasteiger partial charge in [-0.25, -0.2) is 13.9 Å². The number of fused-ring (bicyclic) bond motifs is 1. The van der Waals surface area contributed by atoms with Crippen molar-refractivity contribution < 1.29 is 28.4 Å². The first-order valence-corrected chi connectivity index (χ1v) is 13.8. The summed E-state index contributed by atoms with van der Waals surface area (Å²) >= 11 is 0. The molecule has 10 heteroatoms. The zero-order chi connectivity index (χ0) is 27.2. The highest BCUT2D eigenvalue weighted by molar-refractivity contribution is 5.79. The van der Waals surface area contributed by atoms with Crippen LogP contribution in [0.25, 0.3) is 11.0 Å². The van der Waals surface area contributed by atoms with Crippen molar-refractivity contribution in [2.24, 2.45) is 5.73 Å². The van der Waals surface area contributed by atoms with Crippen molar-refractivity contribution in [1.82, 2.24) is 14.4 Å². The first-order valence-electron chi connectivity index (χ1n) is 13.8. The average Bonchev–Trinajstić information content (AvgIpc) is 3.60. The van der Waals surface area contributed by atoms with Gasteiger partial charge >= 0.3 is 6.09 Å². The summed E-state index contributed by atoms with van der Waals surface area (Å²) in [5, 5.41) is 0. The van der Waals surface area contributed by atoms with Crippen LogP contribution in [0.2, 0.25) is 0 Å². The van der Waals surface area contributed by atoms with Gasteiger partial charge < -0.3 is 29.7 Å². The minimum Gasteiger partial charge on any atom is -0.484 e. The van der Waals surface area contributed by atoms with E-state index in [0.717, 1.165) is 55.0 Å². The molecule has 0 saturated carbocycles. The van der Waals surface area contributed by atoms with E-state index in [-0.39, 0.29) is 31.3 Å². The van der Waals surface area contributed by atoms with E-state index in [1.54, 1.807) is 9.80 Å². The van der Waals surface area contributed by atoms with Crippen LogP contribution in [0, 0.1) is 0 Å². The molecule has 3 heterocycles. The number of carbonyl (C=O) groups is 2. The summed E-state index contributed by atoms with van der Waals surface area (Å²) in [5.41, 5.74) is 9.22. The lowest BCUT2D eigenvalue weighted by Crippen LogP contribution is -2.51. The molecule has 39 heavy (non-hydrogen) atoms. The zero-order valence-corrected chi connectivity index (χ0v) is 22.6. The van der Waals surface area contributed by atoms with Crippen molar-refractivity contribution in [1.29, 1.82) is 0 Å². The van der Waals surface area contributed by atoms with Gasteiger partial charge in [-0.05, 0) is 37.5 Å². The summed E-state index contributed by atoms with van der Waals surface area (Å²) in [6.45, 7) is 6.83. The highest BCUT2D eigenvalue weighted by Crippen LogP contribution is 2.24. The summed E-state index contributed by atoms with van der Waals surface area (Å²) in [7, 11) is 0. The second-order valence-corrected chi connectivity index (χ2v) is 9.96. The Morgan fingerprint density at radius 3 is 2.54 bits per heavy atom. The molecule has 3 aromatic rings. The van der Waals surface area contributed by atoms with E-state index in [2.05, 4.69) is 16.1 Å². The van der Waals surface area contributed by atoms with Gasteiger partial charge in [0.15, 0.2) is 17.6 Å². The van der Waals surface area contributed by atoms with Crippen LogP contribution in [0.5, 0.6) is 5.75 Å².